The number of benzene rings is 2. The first-order valence-electron chi connectivity index (χ1n) is 9.84. The molecule has 156 valence electrons. The normalized spacial score (nSPS) is 15.9. The number of hydrogen-bond acceptors (Lipinski definition) is 4. The van der Waals surface area contributed by atoms with Crippen molar-refractivity contribution in [2.45, 2.75) is 26.8 Å². The van der Waals surface area contributed by atoms with Gasteiger partial charge in [-0.1, -0.05) is 30.3 Å². The lowest BCUT2D eigenvalue weighted by Crippen LogP contribution is -2.55. The van der Waals surface area contributed by atoms with Crippen molar-refractivity contribution in [2.75, 3.05) is 41.6 Å². The fourth-order valence-electron chi connectivity index (χ4n) is 3.89. The van der Waals surface area contributed by atoms with E-state index in [-0.39, 0.29) is 5.91 Å². The summed E-state index contributed by atoms with van der Waals surface area (Å²) in [6.07, 6.45) is 1.14. The number of anilines is 2. The maximum absolute atomic E-state index is 13.1. The molecule has 0 N–H and O–H groups in total. The maximum atomic E-state index is 13.1. The third kappa shape index (κ3) is 4.56. The summed E-state index contributed by atoms with van der Waals surface area (Å²) in [5.41, 5.74) is 4.21. The van der Waals surface area contributed by atoms with Gasteiger partial charge in [0, 0.05) is 31.9 Å². The zero-order valence-electron chi connectivity index (χ0n) is 17.5. The highest BCUT2D eigenvalue weighted by atomic mass is 32.2. The van der Waals surface area contributed by atoms with Crippen LogP contribution < -0.4 is 9.21 Å². The molecule has 29 heavy (non-hydrogen) atoms. The predicted octanol–water partition coefficient (Wildman–Crippen LogP) is 2.81. The van der Waals surface area contributed by atoms with E-state index in [1.165, 1.54) is 21.1 Å². The zero-order chi connectivity index (χ0) is 21.2. The van der Waals surface area contributed by atoms with Gasteiger partial charge in [0.05, 0.1) is 11.9 Å². The van der Waals surface area contributed by atoms with Gasteiger partial charge in [0.1, 0.15) is 6.04 Å². The molecule has 1 aliphatic rings. The van der Waals surface area contributed by atoms with E-state index in [1.54, 1.807) is 36.1 Å². The second-order valence-corrected chi connectivity index (χ2v) is 9.46. The van der Waals surface area contributed by atoms with Crippen LogP contribution >= 0.6 is 0 Å². The number of sulfonamides is 1. The van der Waals surface area contributed by atoms with Crippen molar-refractivity contribution < 1.29 is 13.2 Å². The Morgan fingerprint density at radius 2 is 1.59 bits per heavy atom. The molecule has 1 amide bonds. The first-order chi connectivity index (χ1) is 13.7. The molecule has 7 heteroatoms. The van der Waals surface area contributed by atoms with E-state index in [2.05, 4.69) is 36.9 Å². The highest BCUT2D eigenvalue weighted by molar-refractivity contribution is 7.92. The fourth-order valence-corrected chi connectivity index (χ4v) is 5.06. The van der Waals surface area contributed by atoms with Crippen molar-refractivity contribution in [3.8, 4) is 0 Å². The van der Waals surface area contributed by atoms with Crippen LogP contribution in [-0.2, 0) is 14.8 Å². The third-order valence-electron chi connectivity index (χ3n) is 5.59. The molecule has 2 aromatic rings. The van der Waals surface area contributed by atoms with Crippen molar-refractivity contribution >= 4 is 27.3 Å². The Morgan fingerprint density at radius 3 is 2.17 bits per heavy atom. The monoisotopic (exact) mass is 415 g/mol. The Balaban J connectivity index is 1.73. The Labute approximate surface area is 173 Å². The lowest BCUT2D eigenvalue weighted by molar-refractivity contribution is -0.132. The second-order valence-electron chi connectivity index (χ2n) is 7.60. The number of rotatable bonds is 5. The highest BCUT2D eigenvalue weighted by Gasteiger charge is 2.33. The van der Waals surface area contributed by atoms with E-state index in [4.69, 9.17) is 0 Å². The van der Waals surface area contributed by atoms with Gasteiger partial charge in [-0.2, -0.15) is 0 Å². The van der Waals surface area contributed by atoms with Crippen LogP contribution in [0.15, 0.2) is 48.5 Å². The zero-order valence-corrected chi connectivity index (χ0v) is 18.3. The molecular weight excluding hydrogens is 386 g/mol. The van der Waals surface area contributed by atoms with Gasteiger partial charge in [-0.3, -0.25) is 9.10 Å². The fraction of sp³-hybridized carbons (Fsp3) is 0.409. The average molecular weight is 416 g/mol. The molecule has 0 spiro atoms. The summed E-state index contributed by atoms with van der Waals surface area (Å²) in [7, 11) is -3.59. The number of hydrogen-bond donors (Lipinski definition) is 0. The molecule has 1 aliphatic heterocycles. The minimum Gasteiger partial charge on any atom is -0.368 e. The number of amides is 1. The van der Waals surface area contributed by atoms with Crippen molar-refractivity contribution in [3.05, 3.63) is 59.7 Å². The van der Waals surface area contributed by atoms with Crippen molar-refractivity contribution in [1.82, 2.24) is 4.90 Å². The molecule has 0 aliphatic carbocycles. The van der Waals surface area contributed by atoms with Gasteiger partial charge >= 0.3 is 0 Å². The largest absolute Gasteiger partial charge is 0.368 e. The molecular formula is C22H29N3O3S. The minimum absolute atomic E-state index is 0.167. The van der Waals surface area contributed by atoms with Crippen LogP contribution in [0.1, 0.15) is 18.1 Å². The molecule has 3 rings (SSSR count). The number of aryl methyl sites for hydroxylation is 1. The van der Waals surface area contributed by atoms with Crippen LogP contribution in [0.25, 0.3) is 0 Å². The summed E-state index contributed by atoms with van der Waals surface area (Å²) in [5.74, 6) is -0.167. The van der Waals surface area contributed by atoms with E-state index < -0.39 is 16.1 Å². The Morgan fingerprint density at radius 1 is 0.966 bits per heavy atom. The SMILES string of the molecule is Cc1cccc(N2CCN(C(=O)[C@H](C)N(c3ccccc3)S(C)(=O)=O)CC2)c1C. The number of carbonyl (C=O) groups excluding carboxylic acids is 1. The van der Waals surface area contributed by atoms with Crippen molar-refractivity contribution in [2.24, 2.45) is 0 Å². The standard InChI is InChI=1S/C22H29N3O3S/c1-17-9-8-12-21(18(17)2)23-13-15-24(16-14-23)22(26)19(3)25(29(4,27)28)20-10-6-5-7-11-20/h5-12,19H,13-16H2,1-4H3/t19-/m0/s1. The molecule has 6 nitrogen and oxygen atoms in total. The third-order valence-corrected chi connectivity index (χ3v) is 6.83. The molecule has 1 saturated heterocycles. The molecule has 0 unspecified atom stereocenters. The number of carbonyl (C=O) groups is 1. The van der Waals surface area contributed by atoms with Crippen LogP contribution in [0.5, 0.6) is 0 Å². The molecule has 0 radical (unpaired) electrons. The van der Waals surface area contributed by atoms with Crippen LogP contribution in [0.3, 0.4) is 0 Å². The molecule has 0 saturated carbocycles. The summed E-state index contributed by atoms with van der Waals surface area (Å²) < 4.78 is 26.0. The average Bonchev–Trinajstić information content (AvgIpc) is 2.69. The van der Waals surface area contributed by atoms with E-state index in [0.717, 1.165) is 19.3 Å². The van der Waals surface area contributed by atoms with Gasteiger partial charge in [-0.05, 0) is 50.1 Å². The van der Waals surface area contributed by atoms with E-state index in [0.29, 0.717) is 18.8 Å². The Kier molecular flexibility index (Phi) is 6.17. The van der Waals surface area contributed by atoms with Gasteiger partial charge in [-0.25, -0.2) is 8.42 Å². The van der Waals surface area contributed by atoms with Crippen LogP contribution in [0.4, 0.5) is 11.4 Å². The molecule has 0 bridgehead atoms. The molecule has 0 aromatic heterocycles. The second kappa shape index (κ2) is 8.45. The molecule has 1 heterocycles. The van der Waals surface area contributed by atoms with Gasteiger partial charge in [0.25, 0.3) is 0 Å². The van der Waals surface area contributed by atoms with Gasteiger partial charge in [-0.15, -0.1) is 0 Å². The lowest BCUT2D eigenvalue weighted by Gasteiger charge is -2.39. The number of para-hydroxylation sites is 1. The van der Waals surface area contributed by atoms with E-state index >= 15 is 0 Å². The maximum Gasteiger partial charge on any atom is 0.246 e. The van der Waals surface area contributed by atoms with Crippen molar-refractivity contribution in [1.29, 1.82) is 0 Å². The summed E-state index contributed by atoms with van der Waals surface area (Å²) in [5, 5.41) is 0. The summed E-state index contributed by atoms with van der Waals surface area (Å²) >= 11 is 0. The van der Waals surface area contributed by atoms with E-state index in [9.17, 15) is 13.2 Å². The molecule has 1 fully saturated rings. The smallest absolute Gasteiger partial charge is 0.246 e. The molecule has 2 aromatic carbocycles. The van der Waals surface area contributed by atoms with Gasteiger partial charge < -0.3 is 9.80 Å². The van der Waals surface area contributed by atoms with Crippen LogP contribution in [0.2, 0.25) is 0 Å². The topological polar surface area (TPSA) is 60.9 Å². The number of nitrogens with zero attached hydrogens (tertiary/aromatic N) is 3. The summed E-state index contributed by atoms with van der Waals surface area (Å²) in [6.45, 7) is 8.48. The quantitative estimate of drug-likeness (QED) is 0.753. The van der Waals surface area contributed by atoms with Crippen molar-refractivity contribution in [3.63, 3.8) is 0 Å². The minimum atomic E-state index is -3.59. The lowest BCUT2D eigenvalue weighted by atomic mass is 10.1. The summed E-state index contributed by atoms with van der Waals surface area (Å²) in [4.78, 5) is 17.2. The first-order valence-corrected chi connectivity index (χ1v) is 11.7. The number of piperazine rings is 1. The van der Waals surface area contributed by atoms with Crippen LogP contribution in [-0.4, -0.2) is 57.7 Å². The van der Waals surface area contributed by atoms with Gasteiger partial charge in [0.2, 0.25) is 15.9 Å². The van der Waals surface area contributed by atoms with Gasteiger partial charge in [0.15, 0.2) is 0 Å². The predicted molar refractivity (Wildman–Crippen MR) is 118 cm³/mol. The van der Waals surface area contributed by atoms with Crippen LogP contribution in [0, 0.1) is 13.8 Å². The Hall–Kier alpha value is -2.54. The Bertz CT molecular complexity index is 968. The highest BCUT2D eigenvalue weighted by Crippen LogP contribution is 2.25. The summed E-state index contributed by atoms with van der Waals surface area (Å²) in [6, 6.07) is 14.3. The first kappa shape index (κ1) is 21.2. The van der Waals surface area contributed by atoms with E-state index in [1.807, 2.05) is 6.07 Å². The molecule has 1 atom stereocenters.